The molecule has 0 aliphatic carbocycles. The summed E-state index contributed by atoms with van der Waals surface area (Å²) in [5.41, 5.74) is 11.7. The first-order chi connectivity index (χ1) is 14.5. The second-order valence-corrected chi connectivity index (χ2v) is 7.77. The first kappa shape index (κ1) is 23.6. The Kier molecular flexibility index (Phi) is 7.56. The van der Waals surface area contributed by atoms with Gasteiger partial charge in [-0.15, -0.1) is 16.8 Å². The van der Waals surface area contributed by atoms with Crippen molar-refractivity contribution in [3.05, 3.63) is 16.5 Å². The van der Waals surface area contributed by atoms with Crippen LogP contribution in [0.25, 0.3) is 0 Å². The zero-order chi connectivity index (χ0) is 23.2. The number of thiazole rings is 2. The van der Waals surface area contributed by atoms with Crippen molar-refractivity contribution in [1.29, 1.82) is 0 Å². The average Bonchev–Trinajstić information content (AvgIpc) is 3.31. The van der Waals surface area contributed by atoms with Crippen LogP contribution in [0.3, 0.4) is 0 Å². The predicted octanol–water partition coefficient (Wildman–Crippen LogP) is 0.00970. The maximum atomic E-state index is 12.8. The molecule has 31 heavy (non-hydrogen) atoms. The molecule has 0 bridgehead atoms. The smallest absolute Gasteiger partial charge is 0.442 e. The van der Waals surface area contributed by atoms with E-state index in [-0.39, 0.29) is 27.5 Å². The second-order valence-electron chi connectivity index (χ2n) is 5.99. The minimum absolute atomic E-state index is 0.0284. The van der Waals surface area contributed by atoms with E-state index in [1.54, 1.807) is 0 Å². The summed E-state index contributed by atoms with van der Waals surface area (Å²) in [6, 6.07) is 0. The molecule has 0 aromatic carbocycles. The minimum atomic E-state index is -1.68. The lowest BCUT2D eigenvalue weighted by Gasteiger charge is -2.15. The van der Waals surface area contributed by atoms with Crippen LogP contribution in [-0.4, -0.2) is 57.5 Å². The van der Waals surface area contributed by atoms with Crippen LogP contribution in [0, 0.1) is 0 Å². The lowest BCUT2D eigenvalue weighted by atomic mass is 10.1. The van der Waals surface area contributed by atoms with Gasteiger partial charge in [-0.05, 0) is 13.8 Å². The Hall–Kier alpha value is -3.63. The summed E-state index contributed by atoms with van der Waals surface area (Å²) in [4.78, 5) is 53.8. The van der Waals surface area contributed by atoms with Crippen LogP contribution in [0.2, 0.25) is 0 Å². The first-order valence-corrected chi connectivity index (χ1v) is 9.94. The van der Waals surface area contributed by atoms with Crippen molar-refractivity contribution in [2.75, 3.05) is 18.6 Å². The Morgan fingerprint density at radius 2 is 1.87 bits per heavy atom. The average molecular weight is 470 g/mol. The third kappa shape index (κ3) is 6.17. The first-order valence-electron chi connectivity index (χ1n) is 8.18. The number of oxime groups is 2. The van der Waals surface area contributed by atoms with E-state index in [1.807, 2.05) is 0 Å². The second kappa shape index (κ2) is 9.92. The molecular formula is C15H18N8O6S2+. The number of hydrazine groups is 1. The number of carboxylic acids is 1. The van der Waals surface area contributed by atoms with Crippen LogP contribution in [0.15, 0.2) is 21.1 Å². The molecule has 0 fully saturated rings. The van der Waals surface area contributed by atoms with Crippen molar-refractivity contribution in [3.8, 4) is 0 Å². The van der Waals surface area contributed by atoms with E-state index in [4.69, 9.17) is 21.4 Å². The molecule has 2 aromatic heterocycles. The van der Waals surface area contributed by atoms with Crippen molar-refractivity contribution >= 4 is 68.5 Å². The lowest BCUT2D eigenvalue weighted by molar-refractivity contribution is -0.161. The molecule has 0 atom stereocenters. The van der Waals surface area contributed by atoms with Crippen LogP contribution in [0.5, 0.6) is 0 Å². The molecule has 0 saturated carbocycles. The van der Waals surface area contributed by atoms with Gasteiger partial charge in [0.05, 0.1) is 10.4 Å². The van der Waals surface area contributed by atoms with Gasteiger partial charge >= 0.3 is 23.6 Å². The highest BCUT2D eigenvalue weighted by Gasteiger charge is 2.37. The summed E-state index contributed by atoms with van der Waals surface area (Å²) in [6.07, 6.45) is 0.661. The van der Waals surface area contributed by atoms with Gasteiger partial charge < -0.3 is 26.2 Å². The summed E-state index contributed by atoms with van der Waals surface area (Å²) < 4.78 is 0. The number of rotatable bonds is 8. The summed E-state index contributed by atoms with van der Waals surface area (Å²) in [7, 11) is 1.22. The maximum absolute atomic E-state index is 12.8. The molecule has 0 aliphatic rings. The van der Waals surface area contributed by atoms with E-state index in [9.17, 15) is 14.4 Å². The number of aliphatic carboxylic acids is 1. The molecule has 1 radical (unpaired) electrons. The third-order valence-corrected chi connectivity index (χ3v) is 4.63. The molecule has 14 nitrogen and oxygen atoms in total. The number of nitrogens with two attached hydrogens (primary N) is 2. The van der Waals surface area contributed by atoms with E-state index < -0.39 is 23.4 Å². The lowest BCUT2D eigenvalue weighted by Crippen LogP contribution is -2.51. The van der Waals surface area contributed by atoms with Gasteiger partial charge in [-0.25, -0.2) is 14.6 Å². The van der Waals surface area contributed by atoms with Gasteiger partial charge in [-0.3, -0.25) is 4.79 Å². The van der Waals surface area contributed by atoms with Crippen molar-refractivity contribution < 1.29 is 29.2 Å². The Bertz CT molecular complexity index is 1030. The fourth-order valence-corrected chi connectivity index (χ4v) is 2.83. The maximum Gasteiger partial charge on any atom is 0.442 e. The number of hydrogen-bond acceptors (Lipinski definition) is 13. The Labute approximate surface area is 183 Å². The minimum Gasteiger partial charge on any atom is -0.478 e. The number of amides is 2. The van der Waals surface area contributed by atoms with Crippen LogP contribution in [-0.2, 0) is 24.1 Å². The topological polar surface area (TPSA) is 210 Å². The summed E-state index contributed by atoms with van der Waals surface area (Å²) >= 11 is 2.09. The molecular weight excluding hydrogens is 452 g/mol. The van der Waals surface area contributed by atoms with Crippen LogP contribution >= 0.6 is 22.7 Å². The van der Waals surface area contributed by atoms with E-state index in [2.05, 4.69) is 30.5 Å². The SMILES string of the molecule is CON=C(C(=O)N[N+](C(=O)C=NOC(C)(C)C(=O)O)c1csc(N)n1)c1csc(N)n1. The summed E-state index contributed by atoms with van der Waals surface area (Å²) in [5.74, 6) is -3.13. The number of nitrogens with zero attached hydrogens (tertiary/aromatic N) is 5. The molecule has 2 rings (SSSR count). The normalized spacial score (nSPS) is 12.2. The quantitative estimate of drug-likeness (QED) is 0.230. The molecule has 2 amide bonds. The number of carbonyl (C=O) groups is 3. The number of hydrogen-bond donors (Lipinski definition) is 4. The number of carbonyl (C=O) groups excluding carboxylic acids is 2. The zero-order valence-electron chi connectivity index (χ0n) is 16.4. The number of nitrogens with one attached hydrogen (secondary N) is 1. The number of aromatic nitrogens is 2. The Morgan fingerprint density at radius 3 is 2.39 bits per heavy atom. The van der Waals surface area contributed by atoms with E-state index >= 15 is 0 Å². The molecule has 0 aliphatic heterocycles. The molecule has 165 valence electrons. The highest BCUT2D eigenvalue weighted by molar-refractivity contribution is 7.14. The zero-order valence-corrected chi connectivity index (χ0v) is 18.1. The summed E-state index contributed by atoms with van der Waals surface area (Å²) in [5, 5.41) is 19.9. The largest absolute Gasteiger partial charge is 0.478 e. The number of carboxylic acid groups (broad SMARTS) is 1. The Morgan fingerprint density at radius 1 is 1.23 bits per heavy atom. The molecule has 2 heterocycles. The molecule has 0 saturated heterocycles. The van der Waals surface area contributed by atoms with Crippen LogP contribution in [0.4, 0.5) is 16.1 Å². The monoisotopic (exact) mass is 470 g/mol. The fraction of sp³-hybridized carbons (Fsp3) is 0.267. The molecule has 16 heteroatoms. The summed E-state index contributed by atoms with van der Waals surface area (Å²) in [6.45, 7) is 2.48. The van der Waals surface area contributed by atoms with Gasteiger partial charge in [0.2, 0.25) is 5.60 Å². The van der Waals surface area contributed by atoms with Crippen LogP contribution in [0.1, 0.15) is 19.5 Å². The van der Waals surface area contributed by atoms with E-state index in [1.165, 1.54) is 31.7 Å². The van der Waals surface area contributed by atoms with Gasteiger partial charge in [-0.2, -0.15) is 4.98 Å². The van der Waals surface area contributed by atoms with Gasteiger partial charge in [0.25, 0.3) is 0 Å². The standard InChI is InChI=1S/C15H18N8O6S2/c1-15(2,12(26)27)29-18-4-9(24)23(8-6-31-14(17)20-8)21-11(25)10(22-28-3)7-5-30-13(16)19-7/h4-6H,1-3H3,(H2,16,19)(H2,17,20)(H,21,25)(H,26,27)/q+1. The van der Waals surface area contributed by atoms with Gasteiger partial charge in [0, 0.05) is 5.38 Å². The number of anilines is 3. The molecule has 6 N–H and O–H groups in total. The van der Waals surface area contributed by atoms with Gasteiger partial charge in [-0.1, -0.05) is 21.6 Å². The number of nitrogen functional groups attached to an aromatic ring is 2. The van der Waals surface area contributed by atoms with E-state index in [0.717, 1.165) is 27.7 Å². The van der Waals surface area contributed by atoms with Gasteiger partial charge in [0.1, 0.15) is 12.8 Å². The van der Waals surface area contributed by atoms with Gasteiger partial charge in [0.15, 0.2) is 22.2 Å². The predicted molar refractivity (Wildman–Crippen MR) is 113 cm³/mol. The highest BCUT2D eigenvalue weighted by Crippen LogP contribution is 2.19. The van der Waals surface area contributed by atoms with Crippen molar-refractivity contribution in [2.24, 2.45) is 10.3 Å². The van der Waals surface area contributed by atoms with Crippen molar-refractivity contribution in [3.63, 3.8) is 0 Å². The highest BCUT2D eigenvalue weighted by atomic mass is 32.1. The fourth-order valence-electron chi connectivity index (χ4n) is 1.75. The third-order valence-electron chi connectivity index (χ3n) is 3.29. The molecule has 0 unspecified atom stereocenters. The van der Waals surface area contributed by atoms with E-state index in [0.29, 0.717) is 6.21 Å². The Balaban J connectivity index is 2.27. The van der Waals surface area contributed by atoms with Crippen LogP contribution < -0.4 is 21.9 Å². The van der Waals surface area contributed by atoms with Crippen molar-refractivity contribution in [2.45, 2.75) is 19.4 Å². The molecule has 0 spiro atoms. The van der Waals surface area contributed by atoms with Crippen molar-refractivity contribution in [1.82, 2.24) is 20.4 Å². The molecule has 2 aromatic rings.